The summed E-state index contributed by atoms with van der Waals surface area (Å²) in [6.07, 6.45) is 5.44. The topological polar surface area (TPSA) is 42.1 Å². The molecule has 0 radical (unpaired) electrons. The van der Waals surface area contributed by atoms with Gasteiger partial charge in [0, 0.05) is 23.0 Å². The number of benzene rings is 3. The first kappa shape index (κ1) is 19.4. The van der Waals surface area contributed by atoms with Crippen LogP contribution in [0.3, 0.4) is 0 Å². The summed E-state index contributed by atoms with van der Waals surface area (Å²) >= 11 is 0. The predicted octanol–water partition coefficient (Wildman–Crippen LogP) is 6.34. The summed E-state index contributed by atoms with van der Waals surface area (Å²) in [5.41, 5.74) is 10.7. The fourth-order valence-electron chi connectivity index (χ4n) is 4.73. The van der Waals surface area contributed by atoms with Crippen LogP contribution < -0.4 is 0 Å². The highest BCUT2D eigenvalue weighted by Gasteiger charge is 2.27. The van der Waals surface area contributed by atoms with E-state index in [0.717, 1.165) is 17.5 Å². The Morgan fingerprint density at radius 3 is 2.48 bits per heavy atom. The zero-order chi connectivity index (χ0) is 21.5. The Balaban J connectivity index is 1.67. The molecular formula is C28H25NO2. The smallest absolute Gasteiger partial charge is 0.337 e. The van der Waals surface area contributed by atoms with E-state index in [1.54, 1.807) is 0 Å². The average Bonchev–Trinajstić information content (AvgIpc) is 3.38. The number of allylic oxidation sites excluding steroid dienone is 2. The third-order valence-electron chi connectivity index (χ3n) is 6.27. The SMILES string of the molecule is COC(=O)c1ccc(C(C2=CCc3cc(C)ccc32)c2c[nH]c3cc(C)ccc23)cc1. The Morgan fingerprint density at radius 2 is 1.71 bits per heavy atom. The molecule has 1 aromatic heterocycles. The van der Waals surface area contributed by atoms with Crippen LogP contribution in [0.25, 0.3) is 16.5 Å². The average molecular weight is 408 g/mol. The van der Waals surface area contributed by atoms with Crippen molar-refractivity contribution in [2.75, 3.05) is 7.11 Å². The molecule has 154 valence electrons. The highest BCUT2D eigenvalue weighted by atomic mass is 16.5. The van der Waals surface area contributed by atoms with Gasteiger partial charge in [0.1, 0.15) is 0 Å². The van der Waals surface area contributed by atoms with Gasteiger partial charge in [-0.25, -0.2) is 4.79 Å². The van der Waals surface area contributed by atoms with E-state index in [-0.39, 0.29) is 11.9 Å². The first-order chi connectivity index (χ1) is 15.0. The Bertz CT molecular complexity index is 1330. The van der Waals surface area contributed by atoms with E-state index < -0.39 is 0 Å². The number of aryl methyl sites for hydroxylation is 2. The minimum atomic E-state index is -0.313. The Kier molecular flexibility index (Phi) is 4.74. The summed E-state index contributed by atoms with van der Waals surface area (Å²) in [7, 11) is 1.41. The maximum Gasteiger partial charge on any atom is 0.337 e. The van der Waals surface area contributed by atoms with E-state index >= 15 is 0 Å². The van der Waals surface area contributed by atoms with E-state index in [4.69, 9.17) is 4.74 Å². The molecule has 0 saturated heterocycles. The van der Waals surface area contributed by atoms with Crippen molar-refractivity contribution in [1.29, 1.82) is 0 Å². The highest BCUT2D eigenvalue weighted by molar-refractivity contribution is 5.91. The molecule has 1 atom stereocenters. The van der Waals surface area contributed by atoms with Crippen LogP contribution in [0.4, 0.5) is 0 Å². The van der Waals surface area contributed by atoms with Crippen molar-refractivity contribution < 1.29 is 9.53 Å². The fraction of sp³-hybridized carbons (Fsp3) is 0.179. The third kappa shape index (κ3) is 3.36. The van der Waals surface area contributed by atoms with E-state index in [9.17, 15) is 4.79 Å². The largest absolute Gasteiger partial charge is 0.465 e. The van der Waals surface area contributed by atoms with Crippen molar-refractivity contribution >= 4 is 22.4 Å². The summed E-state index contributed by atoms with van der Waals surface area (Å²) in [4.78, 5) is 15.4. The van der Waals surface area contributed by atoms with Crippen molar-refractivity contribution in [2.45, 2.75) is 26.2 Å². The third-order valence-corrected chi connectivity index (χ3v) is 6.27. The number of ether oxygens (including phenoxy) is 1. The molecule has 5 rings (SSSR count). The Labute approximate surface area is 182 Å². The van der Waals surface area contributed by atoms with Crippen molar-refractivity contribution in [3.05, 3.63) is 112 Å². The van der Waals surface area contributed by atoms with Crippen LogP contribution in [0.2, 0.25) is 0 Å². The second-order valence-electron chi connectivity index (χ2n) is 8.36. The number of nitrogens with one attached hydrogen (secondary N) is 1. The summed E-state index contributed by atoms with van der Waals surface area (Å²) in [6.45, 7) is 4.25. The number of aromatic nitrogens is 1. The number of carbonyl (C=O) groups is 1. The standard InChI is InChI=1S/C28H25NO2/c1-17-4-11-22-21(14-17)10-13-24(22)27(19-6-8-20(9-7-19)28(30)31-3)25-16-29-26-15-18(2)5-12-23(25)26/h4-9,11-16,27,29H,10H2,1-3H3. The van der Waals surface area contributed by atoms with Gasteiger partial charge in [0.15, 0.2) is 0 Å². The summed E-state index contributed by atoms with van der Waals surface area (Å²) < 4.78 is 4.88. The van der Waals surface area contributed by atoms with Crippen molar-refractivity contribution in [1.82, 2.24) is 4.98 Å². The van der Waals surface area contributed by atoms with Gasteiger partial charge in [-0.15, -0.1) is 0 Å². The molecule has 0 bridgehead atoms. The van der Waals surface area contributed by atoms with Crippen LogP contribution in [-0.2, 0) is 11.2 Å². The van der Waals surface area contributed by atoms with Gasteiger partial charge in [0.05, 0.1) is 12.7 Å². The van der Waals surface area contributed by atoms with Gasteiger partial charge < -0.3 is 9.72 Å². The molecule has 1 unspecified atom stereocenters. The number of rotatable bonds is 4. The fourth-order valence-corrected chi connectivity index (χ4v) is 4.73. The predicted molar refractivity (Wildman–Crippen MR) is 126 cm³/mol. The molecule has 1 aliphatic rings. The van der Waals surface area contributed by atoms with Gasteiger partial charge in [-0.05, 0) is 71.9 Å². The minimum absolute atomic E-state index is 0.0760. The van der Waals surface area contributed by atoms with Crippen LogP contribution in [0.15, 0.2) is 72.9 Å². The maximum atomic E-state index is 11.9. The summed E-state index contributed by atoms with van der Waals surface area (Å²) in [6, 6.07) is 21.1. The van der Waals surface area contributed by atoms with Gasteiger partial charge in [-0.3, -0.25) is 0 Å². The van der Waals surface area contributed by atoms with E-state index in [1.165, 1.54) is 45.9 Å². The van der Waals surface area contributed by atoms with Crippen LogP contribution in [-0.4, -0.2) is 18.1 Å². The summed E-state index contributed by atoms with van der Waals surface area (Å²) in [5.74, 6) is -0.237. The molecule has 0 aliphatic heterocycles. The number of hydrogen-bond donors (Lipinski definition) is 1. The molecule has 0 amide bonds. The Hall–Kier alpha value is -3.59. The van der Waals surface area contributed by atoms with Crippen LogP contribution in [0, 0.1) is 13.8 Å². The first-order valence-electron chi connectivity index (χ1n) is 10.6. The minimum Gasteiger partial charge on any atom is -0.465 e. The zero-order valence-electron chi connectivity index (χ0n) is 18.0. The number of methoxy groups -OCH3 is 1. The summed E-state index contributed by atoms with van der Waals surface area (Å²) in [5, 5.41) is 1.23. The molecule has 0 saturated carbocycles. The molecule has 1 N–H and O–H groups in total. The van der Waals surface area contributed by atoms with E-state index in [2.05, 4.69) is 79.6 Å². The quantitative estimate of drug-likeness (QED) is 0.401. The number of carbonyl (C=O) groups excluding carboxylic acids is 1. The van der Waals surface area contributed by atoms with Gasteiger partial charge in [-0.2, -0.15) is 0 Å². The second-order valence-corrected chi connectivity index (χ2v) is 8.36. The van der Waals surface area contributed by atoms with Gasteiger partial charge in [0.2, 0.25) is 0 Å². The maximum absolute atomic E-state index is 11.9. The molecule has 1 heterocycles. The van der Waals surface area contributed by atoms with Gasteiger partial charge >= 0.3 is 5.97 Å². The molecule has 4 aromatic rings. The number of hydrogen-bond acceptors (Lipinski definition) is 2. The van der Waals surface area contributed by atoms with Crippen LogP contribution >= 0.6 is 0 Å². The monoisotopic (exact) mass is 407 g/mol. The first-order valence-corrected chi connectivity index (χ1v) is 10.6. The Morgan fingerprint density at radius 1 is 0.968 bits per heavy atom. The van der Waals surface area contributed by atoms with Crippen LogP contribution in [0.5, 0.6) is 0 Å². The lowest BCUT2D eigenvalue weighted by molar-refractivity contribution is 0.0600. The number of H-pyrrole nitrogens is 1. The number of aromatic amines is 1. The molecule has 0 fully saturated rings. The molecule has 31 heavy (non-hydrogen) atoms. The van der Waals surface area contributed by atoms with Crippen LogP contribution in [0.1, 0.15) is 49.7 Å². The normalized spacial score (nSPS) is 13.7. The lowest BCUT2D eigenvalue weighted by Crippen LogP contribution is -2.05. The molecule has 1 aliphatic carbocycles. The molecule has 3 aromatic carbocycles. The molecule has 3 nitrogen and oxygen atoms in total. The molecule has 0 spiro atoms. The van der Waals surface area contributed by atoms with Crippen molar-refractivity contribution in [3.8, 4) is 0 Å². The van der Waals surface area contributed by atoms with Crippen molar-refractivity contribution in [2.24, 2.45) is 0 Å². The van der Waals surface area contributed by atoms with Crippen molar-refractivity contribution in [3.63, 3.8) is 0 Å². The lowest BCUT2D eigenvalue weighted by atomic mass is 9.82. The van der Waals surface area contributed by atoms with Gasteiger partial charge in [-0.1, -0.05) is 54.1 Å². The number of fused-ring (bicyclic) bond motifs is 2. The number of esters is 1. The zero-order valence-corrected chi connectivity index (χ0v) is 18.0. The molecule has 3 heteroatoms. The van der Waals surface area contributed by atoms with Gasteiger partial charge in [0.25, 0.3) is 0 Å². The van der Waals surface area contributed by atoms with E-state index in [0.29, 0.717) is 5.56 Å². The van der Waals surface area contributed by atoms with E-state index in [1.807, 2.05) is 12.1 Å². The molecular weight excluding hydrogens is 382 g/mol. The second kappa shape index (κ2) is 7.59. The highest BCUT2D eigenvalue weighted by Crippen LogP contribution is 2.44. The lowest BCUT2D eigenvalue weighted by Gasteiger charge is -2.21.